The number of carbonyl (C=O) groups is 4. The number of fused-ring (bicyclic) bond motifs is 1. The predicted molar refractivity (Wildman–Crippen MR) is 202 cm³/mol. The van der Waals surface area contributed by atoms with Gasteiger partial charge in [-0.15, -0.1) is 13.2 Å². The van der Waals surface area contributed by atoms with Gasteiger partial charge >= 0.3 is 5.97 Å². The summed E-state index contributed by atoms with van der Waals surface area (Å²) in [6.45, 7) is 10.8. The molecule has 0 radical (unpaired) electrons. The van der Waals surface area contributed by atoms with Crippen molar-refractivity contribution in [3.8, 4) is 0 Å². The van der Waals surface area contributed by atoms with Gasteiger partial charge in [-0.1, -0.05) is 96.5 Å². The number of amides is 3. The Labute approximate surface area is 315 Å². The number of hydrogen-bond acceptors (Lipinski definition) is 7. The molecule has 2 N–H and O–H groups in total. The van der Waals surface area contributed by atoms with E-state index in [0.717, 1.165) is 5.56 Å². The maximum Gasteiger partial charge on any atom is 0.313 e. The van der Waals surface area contributed by atoms with E-state index in [1.165, 1.54) is 9.80 Å². The minimum atomic E-state index is -1.40. The fraction of sp³-hybridized carbons (Fsp3) is 0.381. The molecule has 3 saturated heterocycles. The van der Waals surface area contributed by atoms with Crippen LogP contribution in [0.15, 0.2) is 104 Å². The third kappa shape index (κ3) is 7.03. The van der Waals surface area contributed by atoms with Crippen LogP contribution in [0.3, 0.4) is 0 Å². The number of esters is 1. The Morgan fingerprint density at radius 3 is 2.36 bits per heavy atom. The van der Waals surface area contributed by atoms with Crippen molar-refractivity contribution >= 4 is 41.0 Å². The number of ether oxygens (including phenoxy) is 2. The van der Waals surface area contributed by atoms with Gasteiger partial charge in [0.05, 0.1) is 47.3 Å². The van der Waals surface area contributed by atoms with Gasteiger partial charge in [0.2, 0.25) is 11.8 Å². The zero-order chi connectivity index (χ0) is 37.9. The van der Waals surface area contributed by atoms with Gasteiger partial charge in [0.15, 0.2) is 0 Å². The Balaban J connectivity index is 1.41. The first-order chi connectivity index (χ1) is 25.6. The monoisotopic (exact) mass is 739 g/mol. The summed E-state index contributed by atoms with van der Waals surface area (Å²) in [4.78, 5) is 60.4. The van der Waals surface area contributed by atoms with E-state index in [1.54, 1.807) is 55.5 Å². The largest absolute Gasteiger partial charge is 0.455 e. The summed E-state index contributed by atoms with van der Waals surface area (Å²) < 4.78 is 13.0. The molecule has 3 fully saturated rings. The van der Waals surface area contributed by atoms with Crippen molar-refractivity contribution < 1.29 is 33.8 Å². The molecule has 3 aromatic rings. The number of benzene rings is 3. The number of halogens is 1. The molecule has 3 heterocycles. The Morgan fingerprint density at radius 1 is 1.06 bits per heavy atom. The van der Waals surface area contributed by atoms with E-state index < -0.39 is 72.2 Å². The molecule has 6 rings (SSSR count). The third-order valence-corrected chi connectivity index (χ3v) is 11.1. The summed E-state index contributed by atoms with van der Waals surface area (Å²) in [7, 11) is 0. The van der Waals surface area contributed by atoms with Gasteiger partial charge in [0.1, 0.15) is 17.7 Å². The van der Waals surface area contributed by atoms with Crippen LogP contribution >= 0.6 is 11.6 Å². The second kappa shape index (κ2) is 16.1. The van der Waals surface area contributed by atoms with Crippen molar-refractivity contribution in [2.24, 2.45) is 11.8 Å². The number of nitrogens with zero attached hydrogens (tertiary/aromatic N) is 2. The lowest BCUT2D eigenvalue weighted by Crippen LogP contribution is -2.57. The van der Waals surface area contributed by atoms with Crippen LogP contribution in [0.4, 0.5) is 5.69 Å². The second-order valence-electron chi connectivity index (χ2n) is 14.0. The van der Waals surface area contributed by atoms with E-state index in [0.29, 0.717) is 41.1 Å². The Bertz CT molecular complexity index is 1840. The lowest BCUT2D eigenvalue weighted by molar-refractivity contribution is -0.162. The normalized spacial score (nSPS) is 24.5. The maximum absolute atomic E-state index is 15.2. The molecule has 1 spiro atoms. The molecular weight excluding hydrogens is 694 g/mol. The Hall–Kier alpha value is -4.77. The molecule has 0 unspecified atom stereocenters. The number of para-hydroxylation sites is 1. The molecule has 3 amide bonds. The van der Waals surface area contributed by atoms with E-state index in [4.69, 9.17) is 21.1 Å². The SMILES string of the molecule is C=CCCC(=O)N[C@@H](C)[C@H](OC(=O)[C@@H]1[C@H]2C(=O)N([C@H](CO)c3ccccc3)[C@H](C(=O)N(CC=C)c3c(C)cccc3Cl)[C@]23CC[C@H]1O3)c1ccccc1. The number of anilines is 1. The second-order valence-corrected chi connectivity index (χ2v) is 14.4. The molecule has 3 aliphatic rings. The zero-order valence-electron chi connectivity index (χ0n) is 30.0. The first-order valence-corrected chi connectivity index (χ1v) is 18.4. The first kappa shape index (κ1) is 38.0. The quantitative estimate of drug-likeness (QED) is 0.144. The van der Waals surface area contributed by atoms with Crippen LogP contribution in [0.25, 0.3) is 0 Å². The fourth-order valence-electron chi connectivity index (χ4n) is 8.48. The van der Waals surface area contributed by atoms with E-state index in [-0.39, 0.29) is 18.9 Å². The molecule has 2 bridgehead atoms. The molecule has 0 aliphatic carbocycles. The van der Waals surface area contributed by atoms with Crippen LogP contribution < -0.4 is 10.2 Å². The maximum atomic E-state index is 15.2. The standard InChI is InChI=1S/C42H46ClN3O7/c1-5-7-21-33(48)44-27(4)37(29-18-12-9-13-19-29)52-41(51)34-32-22-23-42(53-32)35(34)39(49)46(31(25-47)28-16-10-8-11-17-28)38(42)40(50)45(24-6-2)36-26(3)15-14-20-30(36)43/h5-6,8-20,27,31-32,34-35,37-38,47H,1-2,7,21-25H2,3-4H3,(H,44,48)/t27-,31+,32+,34-,35-,37-,38+,42-/m0/s1. The van der Waals surface area contributed by atoms with Crippen molar-refractivity contribution in [2.75, 3.05) is 18.1 Å². The van der Waals surface area contributed by atoms with E-state index in [9.17, 15) is 14.7 Å². The highest BCUT2D eigenvalue weighted by Gasteiger charge is 2.76. The van der Waals surface area contributed by atoms with Crippen molar-refractivity contribution in [3.63, 3.8) is 0 Å². The number of aryl methyl sites for hydroxylation is 1. The molecule has 53 heavy (non-hydrogen) atoms. The summed E-state index contributed by atoms with van der Waals surface area (Å²) in [5.74, 6) is -3.93. The van der Waals surface area contributed by atoms with E-state index in [2.05, 4.69) is 18.5 Å². The van der Waals surface area contributed by atoms with Crippen LogP contribution in [0.2, 0.25) is 5.02 Å². The molecule has 278 valence electrons. The molecule has 0 aromatic heterocycles. The van der Waals surface area contributed by atoms with Gasteiger partial charge in [-0.25, -0.2) is 0 Å². The van der Waals surface area contributed by atoms with Crippen LogP contribution in [0, 0.1) is 18.8 Å². The highest BCUT2D eigenvalue weighted by atomic mass is 35.5. The number of aliphatic hydroxyl groups excluding tert-OH is 1. The van der Waals surface area contributed by atoms with Gasteiger partial charge in [0, 0.05) is 13.0 Å². The number of rotatable bonds is 15. The topological polar surface area (TPSA) is 125 Å². The molecule has 10 nitrogen and oxygen atoms in total. The molecule has 3 aromatic carbocycles. The number of hydrogen-bond donors (Lipinski definition) is 2. The average molecular weight is 740 g/mol. The number of likely N-dealkylation sites (tertiary alicyclic amines) is 1. The smallest absolute Gasteiger partial charge is 0.313 e. The van der Waals surface area contributed by atoms with Gasteiger partial charge in [0.25, 0.3) is 5.91 Å². The number of aliphatic hydroxyl groups is 1. The van der Waals surface area contributed by atoms with E-state index >= 15 is 9.59 Å². The van der Waals surface area contributed by atoms with Crippen LogP contribution in [0.1, 0.15) is 61.4 Å². The number of nitrogens with one attached hydrogen (secondary N) is 1. The van der Waals surface area contributed by atoms with Crippen molar-refractivity contribution in [2.45, 2.75) is 75.5 Å². The highest BCUT2D eigenvalue weighted by molar-refractivity contribution is 6.34. The predicted octanol–water partition coefficient (Wildman–Crippen LogP) is 6.03. The summed E-state index contributed by atoms with van der Waals surface area (Å²) >= 11 is 6.72. The summed E-state index contributed by atoms with van der Waals surface area (Å²) in [6, 6.07) is 20.7. The van der Waals surface area contributed by atoms with Crippen LogP contribution in [-0.2, 0) is 28.7 Å². The summed E-state index contributed by atoms with van der Waals surface area (Å²) in [6.07, 6.45) is 3.15. The Morgan fingerprint density at radius 2 is 1.74 bits per heavy atom. The molecule has 3 aliphatic heterocycles. The summed E-state index contributed by atoms with van der Waals surface area (Å²) in [5, 5.41) is 14.2. The lowest BCUT2D eigenvalue weighted by Gasteiger charge is -2.39. The highest BCUT2D eigenvalue weighted by Crippen LogP contribution is 2.60. The van der Waals surface area contributed by atoms with Crippen LogP contribution in [-0.4, -0.2) is 70.6 Å². The van der Waals surface area contributed by atoms with Gasteiger partial charge < -0.3 is 29.7 Å². The zero-order valence-corrected chi connectivity index (χ0v) is 30.8. The molecule has 0 saturated carbocycles. The third-order valence-electron chi connectivity index (χ3n) is 10.8. The molecule has 8 atom stereocenters. The van der Waals surface area contributed by atoms with Crippen molar-refractivity contribution in [1.82, 2.24) is 10.2 Å². The number of allylic oxidation sites excluding steroid dienone is 1. The van der Waals surface area contributed by atoms with Gasteiger partial charge in [-0.3, -0.25) is 19.2 Å². The molecular formula is C42H46ClN3O7. The molecule has 11 heteroatoms. The first-order valence-electron chi connectivity index (χ1n) is 18.1. The van der Waals surface area contributed by atoms with Gasteiger partial charge in [-0.2, -0.15) is 0 Å². The summed E-state index contributed by atoms with van der Waals surface area (Å²) in [5.41, 5.74) is 1.12. The Kier molecular flexibility index (Phi) is 11.5. The van der Waals surface area contributed by atoms with Gasteiger partial charge in [-0.05, 0) is 55.9 Å². The van der Waals surface area contributed by atoms with E-state index in [1.807, 2.05) is 49.4 Å². The lowest BCUT2D eigenvalue weighted by atomic mass is 9.70. The number of carbonyl (C=O) groups excluding carboxylic acids is 4. The minimum Gasteiger partial charge on any atom is -0.455 e. The van der Waals surface area contributed by atoms with Crippen LogP contribution in [0.5, 0.6) is 0 Å². The fourth-order valence-corrected chi connectivity index (χ4v) is 8.80. The van der Waals surface area contributed by atoms with Crippen molar-refractivity contribution in [1.29, 1.82) is 0 Å². The van der Waals surface area contributed by atoms with Crippen molar-refractivity contribution in [3.05, 3.63) is 126 Å². The minimum absolute atomic E-state index is 0.0852. The average Bonchev–Trinajstić information content (AvgIpc) is 3.81.